The molecule has 2 amide bonds. The van der Waals surface area contributed by atoms with Gasteiger partial charge in [-0.05, 0) is 36.4 Å². The van der Waals surface area contributed by atoms with Crippen molar-refractivity contribution in [3.63, 3.8) is 0 Å². The zero-order chi connectivity index (χ0) is 15.4. The van der Waals surface area contributed by atoms with Gasteiger partial charge in [0.25, 0.3) is 0 Å². The largest absolute Gasteiger partial charge is 0.323 e. The maximum Gasteiger partial charge on any atom is 0.323 e. The van der Waals surface area contributed by atoms with Gasteiger partial charge in [-0.2, -0.15) is 5.26 Å². The Morgan fingerprint density at radius 3 is 2.33 bits per heavy atom. The maximum absolute atomic E-state index is 11.9. The first-order chi connectivity index (χ1) is 9.99. The van der Waals surface area contributed by atoms with Crippen molar-refractivity contribution in [2.24, 2.45) is 0 Å². The molecule has 0 aliphatic carbocycles. The Morgan fingerprint density at radius 1 is 0.952 bits per heavy atom. The quantitative estimate of drug-likeness (QED) is 0.792. The lowest BCUT2D eigenvalue weighted by molar-refractivity contribution is 0.262. The summed E-state index contributed by atoms with van der Waals surface area (Å²) in [7, 11) is 0. The number of benzene rings is 2. The van der Waals surface area contributed by atoms with Crippen molar-refractivity contribution in [1.29, 1.82) is 5.26 Å². The Bertz CT molecular complexity index is 741. The molecule has 106 valence electrons. The average Bonchev–Trinajstić information content (AvgIpc) is 2.45. The van der Waals surface area contributed by atoms with Crippen LogP contribution in [-0.2, 0) is 0 Å². The topological polar surface area (TPSA) is 64.9 Å². The molecule has 0 saturated carbocycles. The van der Waals surface area contributed by atoms with E-state index in [1.165, 1.54) is 18.2 Å². The number of nitriles is 1. The van der Waals surface area contributed by atoms with Gasteiger partial charge in [-0.15, -0.1) is 0 Å². The van der Waals surface area contributed by atoms with Crippen LogP contribution in [0.15, 0.2) is 36.4 Å². The van der Waals surface area contributed by atoms with E-state index in [-0.39, 0.29) is 0 Å². The van der Waals surface area contributed by atoms with Gasteiger partial charge in [0.1, 0.15) is 0 Å². The smallest absolute Gasteiger partial charge is 0.308 e. The van der Waals surface area contributed by atoms with Crippen LogP contribution < -0.4 is 10.6 Å². The molecule has 0 heterocycles. The van der Waals surface area contributed by atoms with Crippen molar-refractivity contribution in [3.05, 3.63) is 57.0 Å². The summed E-state index contributed by atoms with van der Waals surface area (Å²) in [6.07, 6.45) is 0. The Labute approximate surface area is 136 Å². The van der Waals surface area contributed by atoms with Crippen LogP contribution in [0.1, 0.15) is 5.56 Å². The molecule has 0 aromatic heterocycles. The molecule has 2 aromatic rings. The molecule has 7 heteroatoms. The number of anilines is 2. The fourth-order valence-electron chi connectivity index (χ4n) is 1.55. The zero-order valence-corrected chi connectivity index (χ0v) is 12.7. The zero-order valence-electron chi connectivity index (χ0n) is 10.5. The average molecular weight is 341 g/mol. The predicted octanol–water partition coefficient (Wildman–Crippen LogP) is 5.16. The van der Waals surface area contributed by atoms with Gasteiger partial charge in [0.2, 0.25) is 0 Å². The van der Waals surface area contributed by atoms with Crippen molar-refractivity contribution in [2.45, 2.75) is 0 Å². The van der Waals surface area contributed by atoms with E-state index >= 15 is 0 Å². The van der Waals surface area contributed by atoms with Crippen LogP contribution in [0, 0.1) is 11.3 Å². The van der Waals surface area contributed by atoms with Gasteiger partial charge in [-0.25, -0.2) is 4.79 Å². The summed E-state index contributed by atoms with van der Waals surface area (Å²) in [6, 6.07) is 10.7. The normalized spacial score (nSPS) is 9.81. The van der Waals surface area contributed by atoms with Crippen LogP contribution in [0.4, 0.5) is 16.2 Å². The molecule has 4 nitrogen and oxygen atoms in total. The van der Waals surface area contributed by atoms with Crippen LogP contribution in [0.5, 0.6) is 0 Å². The summed E-state index contributed by atoms with van der Waals surface area (Å²) in [5, 5.41) is 15.0. The molecular formula is C14H8Cl3N3O. The number of nitrogens with zero attached hydrogens (tertiary/aromatic N) is 1. The lowest BCUT2D eigenvalue weighted by atomic mass is 10.2. The molecule has 0 spiro atoms. The molecule has 21 heavy (non-hydrogen) atoms. The Hall–Kier alpha value is -1.93. The molecule has 2 aromatic carbocycles. The predicted molar refractivity (Wildman–Crippen MR) is 85.3 cm³/mol. The van der Waals surface area contributed by atoms with E-state index in [2.05, 4.69) is 10.6 Å². The number of nitrogens with one attached hydrogen (secondary N) is 2. The first-order valence-electron chi connectivity index (χ1n) is 5.72. The molecule has 0 aliphatic heterocycles. The Balaban J connectivity index is 2.11. The van der Waals surface area contributed by atoms with E-state index in [1.807, 2.05) is 6.07 Å². The molecule has 0 radical (unpaired) electrons. The number of hydrogen-bond donors (Lipinski definition) is 2. The van der Waals surface area contributed by atoms with E-state index in [0.717, 1.165) is 0 Å². The number of carbonyl (C=O) groups is 1. The van der Waals surface area contributed by atoms with Crippen molar-refractivity contribution in [1.82, 2.24) is 0 Å². The number of halogens is 3. The molecule has 0 atom stereocenters. The monoisotopic (exact) mass is 339 g/mol. The fraction of sp³-hybridized carbons (Fsp3) is 0. The third-order valence-electron chi connectivity index (χ3n) is 2.52. The minimum Gasteiger partial charge on any atom is -0.308 e. The number of carbonyl (C=O) groups excluding carboxylic acids is 1. The van der Waals surface area contributed by atoms with Crippen LogP contribution in [0.2, 0.25) is 15.1 Å². The minimum absolute atomic E-state index is 0.332. The van der Waals surface area contributed by atoms with Crippen molar-refractivity contribution in [3.8, 4) is 6.07 Å². The highest BCUT2D eigenvalue weighted by atomic mass is 35.5. The van der Waals surface area contributed by atoms with Crippen molar-refractivity contribution >= 4 is 52.2 Å². The SMILES string of the molecule is N#Cc1ccc(Cl)c(NC(=O)Nc2ccc(Cl)c(Cl)c2)c1. The second-order valence-corrected chi connectivity index (χ2v) is 5.24. The van der Waals surface area contributed by atoms with E-state index in [4.69, 9.17) is 40.1 Å². The minimum atomic E-state index is -0.509. The van der Waals surface area contributed by atoms with Gasteiger partial charge in [0.15, 0.2) is 0 Å². The highest BCUT2D eigenvalue weighted by molar-refractivity contribution is 6.42. The lowest BCUT2D eigenvalue weighted by Gasteiger charge is -2.10. The molecule has 0 saturated heterocycles. The second kappa shape index (κ2) is 6.68. The number of rotatable bonds is 2. The van der Waals surface area contributed by atoms with Crippen LogP contribution in [-0.4, -0.2) is 6.03 Å². The second-order valence-electron chi connectivity index (χ2n) is 4.01. The molecular weight excluding hydrogens is 333 g/mol. The van der Waals surface area contributed by atoms with Gasteiger partial charge in [0.05, 0.1) is 32.4 Å². The Kier molecular flexibility index (Phi) is 4.92. The lowest BCUT2D eigenvalue weighted by Crippen LogP contribution is -2.19. The van der Waals surface area contributed by atoms with E-state index in [1.54, 1.807) is 18.2 Å². The van der Waals surface area contributed by atoms with Gasteiger partial charge in [0, 0.05) is 5.69 Å². The summed E-state index contributed by atoms with van der Waals surface area (Å²) in [4.78, 5) is 11.9. The molecule has 2 rings (SSSR count). The molecule has 0 aliphatic rings. The molecule has 0 bridgehead atoms. The van der Waals surface area contributed by atoms with Crippen molar-refractivity contribution < 1.29 is 4.79 Å². The maximum atomic E-state index is 11.9. The third-order valence-corrected chi connectivity index (χ3v) is 3.59. The first-order valence-corrected chi connectivity index (χ1v) is 6.85. The fourth-order valence-corrected chi connectivity index (χ4v) is 2.01. The summed E-state index contributed by atoms with van der Waals surface area (Å²) in [6.45, 7) is 0. The van der Waals surface area contributed by atoms with Crippen LogP contribution >= 0.6 is 34.8 Å². The summed E-state index contributed by atoms with van der Waals surface area (Å²) in [5.41, 5.74) is 1.21. The third kappa shape index (κ3) is 4.02. The van der Waals surface area contributed by atoms with E-state index < -0.39 is 6.03 Å². The standard InChI is InChI=1S/C14H8Cl3N3O/c15-10-4-2-9(6-12(10)17)19-14(21)20-13-5-8(7-18)1-3-11(13)16/h1-6H,(H2,19,20,21). The van der Waals surface area contributed by atoms with E-state index in [9.17, 15) is 4.79 Å². The number of urea groups is 1. The van der Waals surface area contributed by atoms with Crippen LogP contribution in [0.25, 0.3) is 0 Å². The number of hydrogen-bond acceptors (Lipinski definition) is 2. The van der Waals surface area contributed by atoms with Crippen LogP contribution in [0.3, 0.4) is 0 Å². The van der Waals surface area contributed by atoms with Gasteiger partial charge < -0.3 is 10.6 Å². The summed E-state index contributed by atoms with van der Waals surface area (Å²) < 4.78 is 0. The van der Waals surface area contributed by atoms with Crippen molar-refractivity contribution in [2.75, 3.05) is 10.6 Å². The first kappa shape index (κ1) is 15.5. The van der Waals surface area contributed by atoms with E-state index in [0.29, 0.717) is 32.0 Å². The molecule has 0 unspecified atom stereocenters. The highest BCUT2D eigenvalue weighted by Gasteiger charge is 2.08. The van der Waals surface area contributed by atoms with Gasteiger partial charge >= 0.3 is 6.03 Å². The highest BCUT2D eigenvalue weighted by Crippen LogP contribution is 2.26. The van der Waals surface area contributed by atoms with Gasteiger partial charge in [-0.3, -0.25) is 0 Å². The summed E-state index contributed by atoms with van der Waals surface area (Å²) >= 11 is 17.6. The Morgan fingerprint density at radius 2 is 1.67 bits per heavy atom. The van der Waals surface area contributed by atoms with Gasteiger partial charge in [-0.1, -0.05) is 34.8 Å². The molecule has 0 fully saturated rings. The summed E-state index contributed by atoms with van der Waals surface area (Å²) in [5.74, 6) is 0. The number of amides is 2. The molecule has 2 N–H and O–H groups in total.